The van der Waals surface area contributed by atoms with E-state index in [0.29, 0.717) is 16.3 Å². The Kier molecular flexibility index (Phi) is 7.62. The quantitative estimate of drug-likeness (QED) is 0.374. The Labute approximate surface area is 223 Å². The lowest BCUT2D eigenvalue weighted by molar-refractivity contribution is -0.183. The highest BCUT2D eigenvalue weighted by atomic mass is 32.2. The van der Waals surface area contributed by atoms with Gasteiger partial charge in [-0.25, -0.2) is 13.2 Å². The molecule has 0 spiro atoms. The number of sulfonamides is 1. The predicted molar refractivity (Wildman–Crippen MR) is 144 cm³/mol. The molecule has 0 fully saturated rings. The minimum Gasteiger partial charge on any atom is -0.442 e. The van der Waals surface area contributed by atoms with E-state index >= 15 is 0 Å². The lowest BCUT2D eigenvalue weighted by Gasteiger charge is -2.29. The third-order valence-corrected chi connectivity index (χ3v) is 7.95. The van der Waals surface area contributed by atoms with Crippen molar-refractivity contribution < 1.29 is 27.6 Å². The first-order valence-electron chi connectivity index (χ1n) is 12.3. The van der Waals surface area contributed by atoms with Crippen LogP contribution in [-0.2, 0) is 36.4 Å². The molecule has 9 heteroatoms. The van der Waals surface area contributed by atoms with Crippen molar-refractivity contribution in [1.82, 2.24) is 5.06 Å². The van der Waals surface area contributed by atoms with E-state index in [-0.39, 0.29) is 24.5 Å². The summed E-state index contributed by atoms with van der Waals surface area (Å²) in [5.41, 5.74) is 0.189. The molecule has 0 N–H and O–H groups in total. The molecule has 38 heavy (non-hydrogen) atoms. The van der Waals surface area contributed by atoms with Crippen LogP contribution in [-0.4, -0.2) is 37.6 Å². The number of fused-ring (bicyclic) bond motifs is 1. The lowest BCUT2D eigenvalue weighted by atomic mass is 9.81. The molecule has 4 rings (SSSR count). The van der Waals surface area contributed by atoms with E-state index in [9.17, 15) is 18.0 Å². The number of imide groups is 1. The Morgan fingerprint density at radius 3 is 2.13 bits per heavy atom. The number of ether oxygens (including phenoxy) is 1. The van der Waals surface area contributed by atoms with Gasteiger partial charge in [0.25, 0.3) is 15.9 Å². The largest absolute Gasteiger partial charge is 0.442 e. The van der Waals surface area contributed by atoms with Crippen LogP contribution in [0, 0.1) is 0 Å². The van der Waals surface area contributed by atoms with Crippen molar-refractivity contribution in [2.45, 2.75) is 56.6 Å². The first-order valence-corrected chi connectivity index (χ1v) is 13.7. The Morgan fingerprint density at radius 2 is 1.50 bits per heavy atom. The van der Waals surface area contributed by atoms with Gasteiger partial charge in [-0.3, -0.25) is 13.9 Å². The zero-order valence-corrected chi connectivity index (χ0v) is 22.8. The molecule has 3 aromatic carbocycles. The number of hydroxylamine groups is 2. The third-order valence-electron chi connectivity index (χ3n) is 6.18. The summed E-state index contributed by atoms with van der Waals surface area (Å²) in [6.45, 7) is 6.92. The molecule has 1 heterocycles. The van der Waals surface area contributed by atoms with Crippen molar-refractivity contribution in [3.8, 4) is 0 Å². The molecule has 0 aliphatic carbocycles. The number of carbonyl (C=O) groups is 2. The lowest BCUT2D eigenvalue weighted by Crippen LogP contribution is -2.44. The topological polar surface area (TPSA) is 93.2 Å². The number of rotatable bonds is 7. The van der Waals surface area contributed by atoms with Crippen LogP contribution in [0.1, 0.15) is 45.2 Å². The molecule has 1 unspecified atom stereocenters. The van der Waals surface area contributed by atoms with Gasteiger partial charge in [-0.2, -0.15) is 0 Å². The summed E-state index contributed by atoms with van der Waals surface area (Å²) in [5.74, 6) is -0.633. The molecule has 0 bridgehead atoms. The Hall–Kier alpha value is -3.69. The summed E-state index contributed by atoms with van der Waals surface area (Å²) in [4.78, 5) is 32.5. The molecule has 1 atom stereocenters. The van der Waals surface area contributed by atoms with Crippen molar-refractivity contribution in [3.05, 3.63) is 96.1 Å². The summed E-state index contributed by atoms with van der Waals surface area (Å²) >= 11 is 0. The Bertz CT molecular complexity index is 1400. The van der Waals surface area contributed by atoms with Gasteiger partial charge >= 0.3 is 6.09 Å². The summed E-state index contributed by atoms with van der Waals surface area (Å²) < 4.78 is 33.9. The second kappa shape index (κ2) is 10.6. The molecular formula is C29H32N2O6S. The van der Waals surface area contributed by atoms with E-state index in [1.807, 2.05) is 43.3 Å². The number of hydrogen-bond acceptors (Lipinski definition) is 6. The second-order valence-electron chi connectivity index (χ2n) is 10.5. The summed E-state index contributed by atoms with van der Waals surface area (Å²) in [6.07, 6.45) is -1.11. The Balaban J connectivity index is 1.63. The molecule has 0 aromatic heterocycles. The molecule has 8 nitrogen and oxygen atoms in total. The predicted octanol–water partition coefficient (Wildman–Crippen LogP) is 5.44. The monoisotopic (exact) mass is 536 g/mol. The van der Waals surface area contributed by atoms with Crippen LogP contribution in [0.2, 0.25) is 0 Å². The van der Waals surface area contributed by atoms with Crippen LogP contribution in [0.15, 0.2) is 89.8 Å². The SMILES string of the molecule is CC(C)(C)OC(=O)N(OCc1ccccc1)C(=O)CC1(C)CN(S(=O)(=O)c2ccccc2)c2ccccc21. The fourth-order valence-electron chi connectivity index (χ4n) is 4.42. The molecule has 2 amide bonds. The van der Waals surface area contributed by atoms with Gasteiger partial charge in [-0.05, 0) is 50.1 Å². The third kappa shape index (κ3) is 5.89. The fraction of sp³-hybridized carbons (Fsp3) is 0.310. The summed E-state index contributed by atoms with van der Waals surface area (Å²) in [6, 6.07) is 24.4. The Morgan fingerprint density at radius 1 is 0.921 bits per heavy atom. The number of nitrogens with zero attached hydrogens (tertiary/aromatic N) is 2. The molecular weight excluding hydrogens is 504 g/mol. The van der Waals surface area contributed by atoms with Gasteiger partial charge in [0.15, 0.2) is 0 Å². The van der Waals surface area contributed by atoms with Gasteiger partial charge in [-0.1, -0.05) is 73.7 Å². The number of anilines is 1. The molecule has 0 radical (unpaired) electrons. The molecule has 200 valence electrons. The zero-order chi connectivity index (χ0) is 27.6. The van der Waals surface area contributed by atoms with Gasteiger partial charge in [0.05, 0.1) is 10.6 Å². The zero-order valence-electron chi connectivity index (χ0n) is 22.0. The van der Waals surface area contributed by atoms with Crippen LogP contribution in [0.3, 0.4) is 0 Å². The van der Waals surface area contributed by atoms with E-state index in [4.69, 9.17) is 9.57 Å². The van der Waals surface area contributed by atoms with Crippen molar-refractivity contribution in [1.29, 1.82) is 0 Å². The summed E-state index contributed by atoms with van der Waals surface area (Å²) in [7, 11) is -3.88. The smallest absolute Gasteiger partial charge is 0.442 e. The first kappa shape index (κ1) is 27.3. The van der Waals surface area contributed by atoms with Crippen molar-refractivity contribution >= 4 is 27.7 Å². The number of amides is 2. The minimum atomic E-state index is -3.88. The number of carbonyl (C=O) groups excluding carboxylic acids is 2. The van der Waals surface area contributed by atoms with Crippen molar-refractivity contribution in [2.75, 3.05) is 10.8 Å². The number of hydrogen-bond donors (Lipinski definition) is 0. The van der Waals surface area contributed by atoms with E-state index in [0.717, 1.165) is 5.56 Å². The molecule has 1 aliphatic rings. The standard InChI is InChI=1S/C29H32N2O6S/c1-28(2,3)37-27(33)31(36-20-22-13-7-5-8-14-22)26(32)19-29(4)21-30(25-18-12-11-17-24(25)29)38(34,35)23-15-9-6-10-16-23/h5-18H,19-21H2,1-4H3. The van der Waals surface area contributed by atoms with Crippen molar-refractivity contribution in [3.63, 3.8) is 0 Å². The maximum absolute atomic E-state index is 13.6. The molecule has 0 saturated carbocycles. The molecule has 0 saturated heterocycles. The van der Waals surface area contributed by atoms with Gasteiger partial charge in [0.1, 0.15) is 12.2 Å². The van der Waals surface area contributed by atoms with E-state index in [1.54, 1.807) is 69.3 Å². The van der Waals surface area contributed by atoms with Crippen LogP contribution in [0.25, 0.3) is 0 Å². The van der Waals surface area contributed by atoms with Crippen LogP contribution >= 0.6 is 0 Å². The maximum atomic E-state index is 13.6. The summed E-state index contributed by atoms with van der Waals surface area (Å²) in [5, 5.41) is 0.653. The number of benzene rings is 3. The minimum absolute atomic E-state index is 0.0202. The number of para-hydroxylation sites is 1. The maximum Gasteiger partial charge on any atom is 0.442 e. The van der Waals surface area contributed by atoms with Crippen LogP contribution < -0.4 is 4.31 Å². The van der Waals surface area contributed by atoms with Crippen LogP contribution in [0.5, 0.6) is 0 Å². The van der Waals surface area contributed by atoms with Gasteiger partial charge < -0.3 is 4.74 Å². The average Bonchev–Trinajstić information content (AvgIpc) is 3.17. The second-order valence-corrected chi connectivity index (χ2v) is 12.4. The van der Waals surface area contributed by atoms with Gasteiger partial charge in [-0.15, -0.1) is 5.06 Å². The van der Waals surface area contributed by atoms with Crippen molar-refractivity contribution in [2.24, 2.45) is 0 Å². The van der Waals surface area contributed by atoms with Gasteiger partial charge in [0.2, 0.25) is 0 Å². The highest BCUT2D eigenvalue weighted by molar-refractivity contribution is 7.92. The average molecular weight is 537 g/mol. The molecule has 3 aromatic rings. The van der Waals surface area contributed by atoms with Gasteiger partial charge in [0, 0.05) is 18.4 Å². The highest BCUT2D eigenvalue weighted by Crippen LogP contribution is 2.45. The fourth-order valence-corrected chi connectivity index (χ4v) is 6.05. The first-order chi connectivity index (χ1) is 17.9. The highest BCUT2D eigenvalue weighted by Gasteiger charge is 2.46. The van der Waals surface area contributed by atoms with E-state index in [2.05, 4.69) is 0 Å². The normalized spacial score (nSPS) is 17.1. The van der Waals surface area contributed by atoms with E-state index < -0.39 is 33.0 Å². The van der Waals surface area contributed by atoms with E-state index in [1.165, 1.54) is 4.31 Å². The van der Waals surface area contributed by atoms with Crippen LogP contribution in [0.4, 0.5) is 10.5 Å². The molecule has 1 aliphatic heterocycles.